The minimum Gasteiger partial charge on any atom is -0.392 e. The van der Waals surface area contributed by atoms with Crippen LogP contribution in [0.2, 0.25) is 5.02 Å². The highest BCUT2D eigenvalue weighted by atomic mass is 35.5. The van der Waals surface area contributed by atoms with Gasteiger partial charge in [-0.3, -0.25) is 4.79 Å². The summed E-state index contributed by atoms with van der Waals surface area (Å²) in [7, 11) is 1.59. The van der Waals surface area contributed by atoms with E-state index in [0.717, 1.165) is 0 Å². The van der Waals surface area contributed by atoms with Crippen LogP contribution in [-0.4, -0.2) is 35.6 Å². The summed E-state index contributed by atoms with van der Waals surface area (Å²) in [6, 6.07) is 4.21. The van der Waals surface area contributed by atoms with Gasteiger partial charge in [-0.2, -0.15) is 0 Å². The van der Waals surface area contributed by atoms with Crippen LogP contribution in [0.5, 0.6) is 0 Å². The van der Waals surface area contributed by atoms with Gasteiger partial charge in [0, 0.05) is 19.7 Å². The fourth-order valence-corrected chi connectivity index (χ4v) is 1.59. The Morgan fingerprint density at radius 1 is 1.61 bits per heavy atom. The standard InChI is InChI=1S/C13H15ClFNO2/c1-9(17)8-16(2)13(18)6-4-10-3-5-12(15)11(14)7-10/h3-7,9,17H,8H2,1-2H3. The van der Waals surface area contributed by atoms with Crippen LogP contribution in [-0.2, 0) is 4.79 Å². The number of aliphatic hydroxyl groups excluding tert-OH is 1. The highest BCUT2D eigenvalue weighted by molar-refractivity contribution is 6.30. The molecule has 0 heterocycles. The summed E-state index contributed by atoms with van der Waals surface area (Å²) in [6.07, 6.45) is 2.32. The summed E-state index contributed by atoms with van der Waals surface area (Å²) in [5.74, 6) is -0.734. The van der Waals surface area contributed by atoms with Gasteiger partial charge in [0.15, 0.2) is 0 Å². The molecule has 1 rings (SSSR count). The van der Waals surface area contributed by atoms with Crippen LogP contribution in [0.25, 0.3) is 6.08 Å². The number of aliphatic hydroxyl groups is 1. The highest BCUT2D eigenvalue weighted by Crippen LogP contribution is 2.16. The van der Waals surface area contributed by atoms with Crippen molar-refractivity contribution in [3.05, 3.63) is 40.7 Å². The van der Waals surface area contributed by atoms with Gasteiger partial charge < -0.3 is 10.0 Å². The average molecular weight is 272 g/mol. The van der Waals surface area contributed by atoms with Crippen LogP contribution in [0.1, 0.15) is 12.5 Å². The number of amides is 1. The number of hydrogen-bond donors (Lipinski definition) is 1. The molecule has 0 aliphatic heterocycles. The molecule has 0 aliphatic carbocycles. The summed E-state index contributed by atoms with van der Waals surface area (Å²) < 4.78 is 12.9. The third kappa shape index (κ3) is 4.47. The fraction of sp³-hybridized carbons (Fsp3) is 0.308. The predicted octanol–water partition coefficient (Wildman–Crippen LogP) is 2.33. The largest absolute Gasteiger partial charge is 0.392 e. The summed E-state index contributed by atoms with van der Waals surface area (Å²) >= 11 is 5.62. The van der Waals surface area contributed by atoms with Gasteiger partial charge in [0.05, 0.1) is 11.1 Å². The van der Waals surface area contributed by atoms with Crippen molar-refractivity contribution in [1.82, 2.24) is 4.90 Å². The molecule has 1 N–H and O–H groups in total. The van der Waals surface area contributed by atoms with Crippen molar-refractivity contribution in [1.29, 1.82) is 0 Å². The maximum atomic E-state index is 12.9. The topological polar surface area (TPSA) is 40.5 Å². The molecule has 0 aliphatic rings. The predicted molar refractivity (Wildman–Crippen MR) is 69.8 cm³/mol. The molecule has 0 aromatic heterocycles. The summed E-state index contributed by atoms with van der Waals surface area (Å²) in [5.41, 5.74) is 0.639. The zero-order valence-corrected chi connectivity index (χ0v) is 11.0. The first-order valence-corrected chi connectivity index (χ1v) is 5.84. The lowest BCUT2D eigenvalue weighted by Crippen LogP contribution is -2.31. The first-order chi connectivity index (χ1) is 8.40. The second kappa shape index (κ2) is 6.52. The highest BCUT2D eigenvalue weighted by Gasteiger charge is 2.07. The molecule has 1 amide bonds. The number of likely N-dealkylation sites (N-methyl/N-ethyl adjacent to an activating group) is 1. The van der Waals surface area contributed by atoms with Crippen LogP contribution in [0.4, 0.5) is 4.39 Å². The SMILES string of the molecule is CC(O)CN(C)C(=O)C=Cc1ccc(F)c(Cl)c1. The van der Waals surface area contributed by atoms with Crippen molar-refractivity contribution < 1.29 is 14.3 Å². The lowest BCUT2D eigenvalue weighted by Gasteiger charge is -2.16. The van der Waals surface area contributed by atoms with Crippen LogP contribution < -0.4 is 0 Å². The third-order valence-corrected chi connectivity index (χ3v) is 2.57. The zero-order chi connectivity index (χ0) is 13.7. The van der Waals surface area contributed by atoms with E-state index in [1.165, 1.54) is 29.2 Å². The minimum atomic E-state index is -0.576. The van der Waals surface area contributed by atoms with Crippen molar-refractivity contribution >= 4 is 23.6 Å². The van der Waals surface area contributed by atoms with Gasteiger partial charge >= 0.3 is 0 Å². The van der Waals surface area contributed by atoms with Gasteiger partial charge in [-0.15, -0.1) is 0 Å². The minimum absolute atomic E-state index is 0.0157. The third-order valence-electron chi connectivity index (χ3n) is 2.28. The number of hydrogen-bond acceptors (Lipinski definition) is 2. The van der Waals surface area contributed by atoms with E-state index in [9.17, 15) is 9.18 Å². The van der Waals surface area contributed by atoms with Crippen molar-refractivity contribution in [3.8, 4) is 0 Å². The smallest absolute Gasteiger partial charge is 0.246 e. The Balaban J connectivity index is 2.68. The van der Waals surface area contributed by atoms with Gasteiger partial charge in [-0.05, 0) is 30.7 Å². The number of nitrogens with zero attached hydrogens (tertiary/aromatic N) is 1. The summed E-state index contributed by atoms with van der Waals surface area (Å²) in [4.78, 5) is 13.0. The second-order valence-corrected chi connectivity index (χ2v) is 4.48. The molecule has 0 saturated heterocycles. The van der Waals surface area contributed by atoms with E-state index in [0.29, 0.717) is 5.56 Å². The van der Waals surface area contributed by atoms with Crippen LogP contribution in [0, 0.1) is 5.82 Å². The molecule has 1 atom stereocenters. The van der Waals surface area contributed by atoms with Gasteiger partial charge in [-0.1, -0.05) is 17.7 Å². The van der Waals surface area contributed by atoms with Gasteiger partial charge in [0.2, 0.25) is 5.91 Å². The Morgan fingerprint density at radius 3 is 2.83 bits per heavy atom. The Kier molecular flexibility index (Phi) is 5.31. The van der Waals surface area contributed by atoms with Crippen molar-refractivity contribution in [2.75, 3.05) is 13.6 Å². The summed E-state index contributed by atoms with van der Waals surface area (Å²) in [5, 5.41) is 9.16. The van der Waals surface area contributed by atoms with Crippen molar-refractivity contribution in [2.45, 2.75) is 13.0 Å². The molecule has 1 aromatic rings. The Labute approximate surface area is 110 Å². The number of carbonyl (C=O) groups excluding carboxylic acids is 1. The molecule has 3 nitrogen and oxygen atoms in total. The van der Waals surface area contributed by atoms with Gasteiger partial charge in [0.1, 0.15) is 5.82 Å². The molecule has 1 unspecified atom stereocenters. The van der Waals surface area contributed by atoms with E-state index in [4.69, 9.17) is 16.7 Å². The molecule has 1 aromatic carbocycles. The average Bonchev–Trinajstić information content (AvgIpc) is 2.29. The second-order valence-electron chi connectivity index (χ2n) is 4.07. The van der Waals surface area contributed by atoms with E-state index in [1.54, 1.807) is 20.0 Å². The van der Waals surface area contributed by atoms with Gasteiger partial charge in [0.25, 0.3) is 0 Å². The monoisotopic (exact) mass is 271 g/mol. The van der Waals surface area contributed by atoms with Crippen LogP contribution >= 0.6 is 11.6 Å². The van der Waals surface area contributed by atoms with E-state index >= 15 is 0 Å². The molecule has 0 saturated carbocycles. The molecular weight excluding hydrogens is 257 g/mol. The molecular formula is C13H15ClFNO2. The van der Waals surface area contributed by atoms with E-state index in [2.05, 4.69) is 0 Å². The fourth-order valence-electron chi connectivity index (χ4n) is 1.40. The normalized spacial score (nSPS) is 12.7. The molecule has 18 heavy (non-hydrogen) atoms. The van der Waals surface area contributed by atoms with E-state index in [1.807, 2.05) is 0 Å². The number of carbonyl (C=O) groups is 1. The zero-order valence-electron chi connectivity index (χ0n) is 10.2. The summed E-state index contributed by atoms with van der Waals surface area (Å²) in [6.45, 7) is 1.86. The molecule has 0 fully saturated rings. The lowest BCUT2D eigenvalue weighted by atomic mass is 10.2. The maximum absolute atomic E-state index is 12.9. The maximum Gasteiger partial charge on any atom is 0.246 e. The molecule has 0 bridgehead atoms. The molecule has 0 spiro atoms. The van der Waals surface area contributed by atoms with Gasteiger partial charge in [-0.25, -0.2) is 4.39 Å². The first kappa shape index (κ1) is 14.7. The number of rotatable bonds is 4. The van der Waals surface area contributed by atoms with E-state index in [-0.39, 0.29) is 17.5 Å². The molecule has 5 heteroatoms. The lowest BCUT2D eigenvalue weighted by molar-refractivity contribution is -0.125. The molecule has 98 valence electrons. The number of halogens is 2. The Bertz CT molecular complexity index is 460. The Hall–Kier alpha value is -1.39. The van der Waals surface area contributed by atoms with Crippen molar-refractivity contribution in [3.63, 3.8) is 0 Å². The van der Waals surface area contributed by atoms with Crippen molar-refractivity contribution in [2.24, 2.45) is 0 Å². The van der Waals surface area contributed by atoms with E-state index < -0.39 is 11.9 Å². The van der Waals surface area contributed by atoms with Crippen LogP contribution in [0.3, 0.4) is 0 Å². The quantitative estimate of drug-likeness (QED) is 0.854. The number of benzene rings is 1. The Morgan fingerprint density at radius 2 is 2.28 bits per heavy atom. The first-order valence-electron chi connectivity index (χ1n) is 5.46. The molecule has 0 radical (unpaired) electrons. The van der Waals surface area contributed by atoms with Crippen LogP contribution in [0.15, 0.2) is 24.3 Å².